The number of amides is 2. The number of benzene rings is 2. The summed E-state index contributed by atoms with van der Waals surface area (Å²) in [5, 5.41) is 0. The minimum Gasteiger partial charge on any atom is -0.368 e. The number of ketones is 1. The average molecular weight is 405 g/mol. The first kappa shape index (κ1) is 20.1. The van der Waals surface area contributed by atoms with Gasteiger partial charge in [0.15, 0.2) is 5.78 Å². The smallest absolute Gasteiger partial charge is 0.228 e. The molecule has 2 aromatic carbocycles. The van der Waals surface area contributed by atoms with Crippen LogP contribution in [-0.2, 0) is 16.1 Å². The second-order valence-corrected chi connectivity index (χ2v) is 8.08. The van der Waals surface area contributed by atoms with Crippen molar-refractivity contribution in [3.8, 4) is 0 Å². The Bertz CT molecular complexity index is 918. The van der Waals surface area contributed by atoms with Gasteiger partial charge in [-0.2, -0.15) is 0 Å². The Balaban J connectivity index is 1.31. The summed E-state index contributed by atoms with van der Waals surface area (Å²) in [4.78, 5) is 42.8. The minimum absolute atomic E-state index is 0.0569. The molecule has 0 aliphatic carbocycles. The molecule has 2 aromatic rings. The predicted octanol–water partition coefficient (Wildman–Crippen LogP) is 2.59. The molecule has 6 nitrogen and oxygen atoms in total. The molecule has 2 aliphatic rings. The van der Waals surface area contributed by atoms with Crippen LogP contribution in [0.3, 0.4) is 0 Å². The highest BCUT2D eigenvalue weighted by Gasteiger charge is 2.37. The van der Waals surface area contributed by atoms with Crippen molar-refractivity contribution in [2.24, 2.45) is 5.92 Å². The Labute approximate surface area is 177 Å². The van der Waals surface area contributed by atoms with Crippen LogP contribution in [0, 0.1) is 5.92 Å². The molecule has 2 saturated heterocycles. The van der Waals surface area contributed by atoms with Gasteiger partial charge in [0.05, 0.1) is 5.92 Å². The van der Waals surface area contributed by atoms with Crippen molar-refractivity contribution in [3.05, 3.63) is 65.7 Å². The number of piperazine rings is 1. The lowest BCUT2D eigenvalue weighted by Crippen LogP contribution is -2.50. The third-order valence-corrected chi connectivity index (χ3v) is 6.01. The maximum atomic E-state index is 13.0. The molecule has 2 amide bonds. The van der Waals surface area contributed by atoms with Gasteiger partial charge in [-0.25, -0.2) is 0 Å². The third kappa shape index (κ3) is 4.37. The van der Waals surface area contributed by atoms with Crippen molar-refractivity contribution >= 4 is 23.3 Å². The fraction of sp³-hybridized carbons (Fsp3) is 0.375. The monoisotopic (exact) mass is 405 g/mol. The second-order valence-electron chi connectivity index (χ2n) is 8.08. The number of nitrogens with zero attached hydrogens (tertiary/aromatic N) is 3. The van der Waals surface area contributed by atoms with E-state index >= 15 is 0 Å². The molecule has 0 spiro atoms. The zero-order valence-electron chi connectivity index (χ0n) is 17.3. The number of likely N-dealkylation sites (tertiary alicyclic amines) is 1. The molecule has 30 heavy (non-hydrogen) atoms. The van der Waals surface area contributed by atoms with Crippen LogP contribution in [0.4, 0.5) is 5.69 Å². The van der Waals surface area contributed by atoms with Crippen molar-refractivity contribution in [1.29, 1.82) is 0 Å². The number of rotatable bonds is 5. The van der Waals surface area contributed by atoms with E-state index in [-0.39, 0.29) is 23.5 Å². The molecule has 2 heterocycles. The molecule has 0 saturated carbocycles. The van der Waals surface area contributed by atoms with Crippen LogP contribution in [0.2, 0.25) is 0 Å². The highest BCUT2D eigenvalue weighted by Crippen LogP contribution is 2.24. The molecule has 1 unspecified atom stereocenters. The van der Waals surface area contributed by atoms with Gasteiger partial charge in [0.1, 0.15) is 0 Å². The van der Waals surface area contributed by atoms with Crippen molar-refractivity contribution in [3.63, 3.8) is 0 Å². The molecule has 4 rings (SSSR count). The Morgan fingerprint density at radius 3 is 2.23 bits per heavy atom. The minimum atomic E-state index is -0.248. The number of carbonyl (C=O) groups is 3. The highest BCUT2D eigenvalue weighted by molar-refractivity contribution is 5.94. The molecule has 0 aromatic heterocycles. The van der Waals surface area contributed by atoms with E-state index in [2.05, 4.69) is 4.90 Å². The fourth-order valence-corrected chi connectivity index (χ4v) is 4.24. The average Bonchev–Trinajstić information content (AvgIpc) is 3.14. The van der Waals surface area contributed by atoms with Crippen LogP contribution >= 0.6 is 0 Å². The summed E-state index contributed by atoms with van der Waals surface area (Å²) in [5.41, 5.74) is 2.86. The lowest BCUT2D eigenvalue weighted by molar-refractivity contribution is -0.136. The summed E-state index contributed by atoms with van der Waals surface area (Å²) in [7, 11) is 0. The van der Waals surface area contributed by atoms with Gasteiger partial charge in [-0.3, -0.25) is 14.4 Å². The topological polar surface area (TPSA) is 60.9 Å². The molecular weight excluding hydrogens is 378 g/mol. The van der Waals surface area contributed by atoms with Gasteiger partial charge < -0.3 is 14.7 Å². The molecule has 156 valence electrons. The second kappa shape index (κ2) is 8.69. The normalized spacial score (nSPS) is 19.3. The SMILES string of the molecule is CC(=O)c1ccc(N2CCN(C(=O)C3CC(=O)N(Cc4ccccc4)C3)CC2)cc1. The van der Waals surface area contributed by atoms with E-state index in [9.17, 15) is 14.4 Å². The van der Waals surface area contributed by atoms with Gasteiger partial charge in [0.2, 0.25) is 11.8 Å². The number of Topliss-reactive ketones (excluding diaryl/α,β-unsaturated/α-hetero) is 1. The Morgan fingerprint density at radius 2 is 1.60 bits per heavy atom. The van der Waals surface area contributed by atoms with Crippen molar-refractivity contribution < 1.29 is 14.4 Å². The maximum absolute atomic E-state index is 13.0. The van der Waals surface area contributed by atoms with E-state index in [1.807, 2.05) is 59.5 Å². The largest absolute Gasteiger partial charge is 0.368 e. The first-order chi connectivity index (χ1) is 14.5. The summed E-state index contributed by atoms with van der Waals surface area (Å²) >= 11 is 0. The summed E-state index contributed by atoms with van der Waals surface area (Å²) in [5.74, 6) is -0.0427. The molecule has 0 bridgehead atoms. The zero-order valence-corrected chi connectivity index (χ0v) is 17.3. The van der Waals surface area contributed by atoms with Gasteiger partial charge in [0.25, 0.3) is 0 Å². The van der Waals surface area contributed by atoms with E-state index in [4.69, 9.17) is 0 Å². The van der Waals surface area contributed by atoms with Crippen molar-refractivity contribution in [2.45, 2.75) is 19.9 Å². The standard InChI is InChI=1S/C24H27N3O3/c1-18(28)20-7-9-22(10-8-20)25-11-13-26(14-12-25)24(30)21-15-23(29)27(17-21)16-19-5-3-2-4-6-19/h2-10,21H,11-17H2,1H3. The van der Waals surface area contributed by atoms with Gasteiger partial charge in [0, 0.05) is 56.9 Å². The van der Waals surface area contributed by atoms with Crippen LogP contribution in [0.1, 0.15) is 29.3 Å². The summed E-state index contributed by atoms with van der Waals surface area (Å²) in [6, 6.07) is 17.5. The van der Waals surface area contributed by atoms with Crippen LogP contribution in [-0.4, -0.2) is 60.1 Å². The first-order valence-corrected chi connectivity index (χ1v) is 10.5. The van der Waals surface area contributed by atoms with Crippen LogP contribution in [0.5, 0.6) is 0 Å². The van der Waals surface area contributed by atoms with Crippen molar-refractivity contribution in [2.75, 3.05) is 37.6 Å². The molecule has 0 radical (unpaired) electrons. The predicted molar refractivity (Wildman–Crippen MR) is 115 cm³/mol. The molecule has 6 heteroatoms. The van der Waals surface area contributed by atoms with Crippen molar-refractivity contribution in [1.82, 2.24) is 9.80 Å². The number of anilines is 1. The third-order valence-electron chi connectivity index (χ3n) is 6.01. The number of hydrogen-bond acceptors (Lipinski definition) is 4. The van der Waals surface area contributed by atoms with Crippen LogP contribution < -0.4 is 4.90 Å². The molecule has 1 atom stereocenters. The maximum Gasteiger partial charge on any atom is 0.228 e. The van der Waals surface area contributed by atoms with Gasteiger partial charge in [-0.1, -0.05) is 30.3 Å². The first-order valence-electron chi connectivity index (χ1n) is 10.5. The molecule has 0 N–H and O–H groups in total. The number of carbonyl (C=O) groups excluding carboxylic acids is 3. The lowest BCUT2D eigenvalue weighted by Gasteiger charge is -2.37. The zero-order chi connectivity index (χ0) is 21.1. The van der Waals surface area contributed by atoms with E-state index in [1.54, 1.807) is 11.8 Å². The van der Waals surface area contributed by atoms with E-state index < -0.39 is 0 Å². The van der Waals surface area contributed by atoms with Gasteiger partial charge in [-0.05, 0) is 36.8 Å². The quantitative estimate of drug-likeness (QED) is 0.718. The molecule has 2 fully saturated rings. The molecular formula is C24H27N3O3. The van der Waals surface area contributed by atoms with Gasteiger partial charge in [-0.15, -0.1) is 0 Å². The fourth-order valence-electron chi connectivity index (χ4n) is 4.24. The summed E-state index contributed by atoms with van der Waals surface area (Å²) in [6.45, 7) is 5.42. The number of hydrogen-bond donors (Lipinski definition) is 0. The summed E-state index contributed by atoms with van der Waals surface area (Å²) < 4.78 is 0. The Hall–Kier alpha value is -3.15. The van der Waals surface area contributed by atoms with E-state index in [0.29, 0.717) is 38.2 Å². The molecule has 2 aliphatic heterocycles. The Morgan fingerprint density at radius 1 is 0.933 bits per heavy atom. The van der Waals surface area contributed by atoms with Crippen LogP contribution in [0.15, 0.2) is 54.6 Å². The van der Waals surface area contributed by atoms with E-state index in [0.717, 1.165) is 24.3 Å². The van der Waals surface area contributed by atoms with E-state index in [1.165, 1.54) is 0 Å². The van der Waals surface area contributed by atoms with Crippen LogP contribution in [0.25, 0.3) is 0 Å². The highest BCUT2D eigenvalue weighted by atomic mass is 16.2. The van der Waals surface area contributed by atoms with Gasteiger partial charge >= 0.3 is 0 Å². The summed E-state index contributed by atoms with van der Waals surface area (Å²) in [6.07, 6.45) is 0.304. The Kier molecular flexibility index (Phi) is 5.84. The lowest BCUT2D eigenvalue weighted by atomic mass is 10.1.